The van der Waals surface area contributed by atoms with Crippen molar-refractivity contribution in [3.05, 3.63) is 101 Å². The summed E-state index contributed by atoms with van der Waals surface area (Å²) in [6.07, 6.45) is 0.403. The van der Waals surface area contributed by atoms with Gasteiger partial charge in [-0.1, -0.05) is 87.5 Å². The molecule has 5 heteroatoms. The van der Waals surface area contributed by atoms with E-state index in [9.17, 15) is 9.59 Å². The third kappa shape index (κ3) is 8.47. The molecular formula is C33H42N2O3. The summed E-state index contributed by atoms with van der Waals surface area (Å²) < 4.78 is 5.94. The van der Waals surface area contributed by atoms with Crippen molar-refractivity contribution in [3.8, 4) is 5.75 Å². The van der Waals surface area contributed by atoms with Gasteiger partial charge >= 0.3 is 0 Å². The summed E-state index contributed by atoms with van der Waals surface area (Å²) in [6, 6.07) is 24.9. The summed E-state index contributed by atoms with van der Waals surface area (Å²) >= 11 is 0. The van der Waals surface area contributed by atoms with E-state index in [0.29, 0.717) is 18.7 Å². The van der Waals surface area contributed by atoms with Crippen LogP contribution < -0.4 is 10.1 Å². The summed E-state index contributed by atoms with van der Waals surface area (Å²) in [5.41, 5.74) is 3.84. The molecule has 0 aliphatic carbocycles. The molecule has 0 aromatic heterocycles. The van der Waals surface area contributed by atoms with E-state index in [1.165, 1.54) is 5.56 Å². The van der Waals surface area contributed by atoms with Gasteiger partial charge < -0.3 is 15.0 Å². The van der Waals surface area contributed by atoms with E-state index in [1.807, 2.05) is 107 Å². The van der Waals surface area contributed by atoms with Gasteiger partial charge in [-0.15, -0.1) is 0 Å². The number of benzene rings is 3. The number of carbonyl (C=O) groups is 2. The van der Waals surface area contributed by atoms with Crippen molar-refractivity contribution in [1.82, 2.24) is 10.2 Å². The van der Waals surface area contributed by atoms with Crippen molar-refractivity contribution in [2.24, 2.45) is 0 Å². The van der Waals surface area contributed by atoms with Crippen LogP contribution in [-0.2, 0) is 28.0 Å². The van der Waals surface area contributed by atoms with Gasteiger partial charge in [0.25, 0.3) is 5.91 Å². The van der Waals surface area contributed by atoms with Crippen molar-refractivity contribution in [1.29, 1.82) is 0 Å². The Bertz CT molecular complexity index is 1210. The Hall–Kier alpha value is -3.60. The molecule has 0 saturated carbocycles. The van der Waals surface area contributed by atoms with E-state index in [1.54, 1.807) is 4.90 Å². The predicted octanol–water partition coefficient (Wildman–Crippen LogP) is 6.23. The van der Waals surface area contributed by atoms with E-state index in [2.05, 4.69) is 26.1 Å². The molecular weight excluding hydrogens is 472 g/mol. The lowest BCUT2D eigenvalue weighted by atomic mass is 9.87. The molecule has 3 rings (SSSR count). The second kappa shape index (κ2) is 12.3. The number of hydrogen-bond donors (Lipinski definition) is 1. The lowest BCUT2D eigenvalue weighted by Crippen LogP contribution is -2.55. The van der Waals surface area contributed by atoms with Crippen LogP contribution >= 0.6 is 0 Å². The van der Waals surface area contributed by atoms with E-state index in [4.69, 9.17) is 4.74 Å². The first-order valence-electron chi connectivity index (χ1n) is 13.3. The normalized spacial score (nSPS) is 12.5. The Morgan fingerprint density at radius 3 is 2.03 bits per heavy atom. The number of carbonyl (C=O) groups excluding carboxylic acids is 2. The zero-order valence-electron chi connectivity index (χ0n) is 23.9. The molecule has 3 aromatic carbocycles. The highest BCUT2D eigenvalue weighted by Gasteiger charge is 2.32. The maximum atomic E-state index is 13.8. The van der Waals surface area contributed by atoms with Crippen molar-refractivity contribution in [3.63, 3.8) is 0 Å². The number of aryl methyl sites for hydroxylation is 1. The molecule has 38 heavy (non-hydrogen) atoms. The van der Waals surface area contributed by atoms with E-state index < -0.39 is 11.6 Å². The van der Waals surface area contributed by atoms with Gasteiger partial charge in [0.1, 0.15) is 11.8 Å². The lowest BCUT2D eigenvalue weighted by Gasteiger charge is -2.34. The molecule has 202 valence electrons. The van der Waals surface area contributed by atoms with E-state index in [0.717, 1.165) is 16.7 Å². The molecule has 5 nitrogen and oxygen atoms in total. The molecule has 0 aliphatic heterocycles. The van der Waals surface area contributed by atoms with Crippen molar-refractivity contribution >= 4 is 11.8 Å². The monoisotopic (exact) mass is 514 g/mol. The van der Waals surface area contributed by atoms with Crippen molar-refractivity contribution in [2.45, 2.75) is 78.4 Å². The average Bonchev–Trinajstić information content (AvgIpc) is 2.85. The first kappa shape index (κ1) is 29.0. The number of ether oxygens (including phenoxy) is 1. The molecule has 0 fully saturated rings. The SMILES string of the molecule is Cc1ccccc1CN(C(=O)COc1ccc(C(C)(C)C)cc1)C(Cc1ccccc1)C(=O)NC(C)(C)C. The lowest BCUT2D eigenvalue weighted by molar-refractivity contribution is -0.143. The standard InChI is InChI=1S/C33H42N2O3/c1-24-13-11-12-16-26(24)22-35(30(36)23-38-28-19-17-27(18-20-28)32(2,3)4)29(31(37)34-33(5,6)7)21-25-14-9-8-10-15-25/h8-20,29H,21-23H2,1-7H3,(H,34,37). The zero-order valence-corrected chi connectivity index (χ0v) is 23.9. The molecule has 3 aromatic rings. The van der Waals surface area contributed by atoms with Crippen molar-refractivity contribution < 1.29 is 14.3 Å². The highest BCUT2D eigenvalue weighted by atomic mass is 16.5. The Balaban J connectivity index is 1.91. The minimum absolute atomic E-state index is 0.0315. The van der Waals surface area contributed by atoms with Crippen LogP contribution in [0.15, 0.2) is 78.9 Å². The topological polar surface area (TPSA) is 58.6 Å². The fourth-order valence-electron chi connectivity index (χ4n) is 4.26. The molecule has 0 bridgehead atoms. The Labute approximate surface area is 228 Å². The number of hydrogen-bond acceptors (Lipinski definition) is 3. The van der Waals surface area contributed by atoms with Crippen LogP contribution in [-0.4, -0.2) is 34.9 Å². The van der Waals surface area contributed by atoms with Gasteiger partial charge in [0.05, 0.1) is 0 Å². The molecule has 1 atom stereocenters. The first-order chi connectivity index (χ1) is 17.8. The summed E-state index contributed by atoms with van der Waals surface area (Å²) in [4.78, 5) is 29.1. The van der Waals surface area contributed by atoms with Crippen LogP contribution in [0.1, 0.15) is 63.8 Å². The molecule has 2 amide bonds. The minimum atomic E-state index is -0.699. The second-order valence-electron chi connectivity index (χ2n) is 12.0. The van der Waals surface area contributed by atoms with Crippen LogP contribution in [0.3, 0.4) is 0 Å². The molecule has 0 saturated heterocycles. The molecule has 1 N–H and O–H groups in total. The predicted molar refractivity (Wildman–Crippen MR) is 154 cm³/mol. The highest BCUT2D eigenvalue weighted by molar-refractivity contribution is 5.89. The molecule has 0 heterocycles. The third-order valence-corrected chi connectivity index (χ3v) is 6.45. The molecule has 0 radical (unpaired) electrons. The fraction of sp³-hybridized carbons (Fsp3) is 0.394. The van der Waals surface area contributed by atoms with Crippen LogP contribution in [0.5, 0.6) is 5.75 Å². The molecule has 1 unspecified atom stereocenters. The summed E-state index contributed by atoms with van der Waals surface area (Å²) in [7, 11) is 0. The average molecular weight is 515 g/mol. The third-order valence-electron chi connectivity index (χ3n) is 6.45. The number of amides is 2. The van der Waals surface area contributed by atoms with Gasteiger partial charge in [0, 0.05) is 18.5 Å². The van der Waals surface area contributed by atoms with Gasteiger partial charge in [0.15, 0.2) is 6.61 Å². The van der Waals surface area contributed by atoms with Crippen LogP contribution in [0.25, 0.3) is 0 Å². The largest absolute Gasteiger partial charge is 0.484 e. The van der Waals surface area contributed by atoms with E-state index >= 15 is 0 Å². The maximum absolute atomic E-state index is 13.8. The summed E-state index contributed by atoms with van der Waals surface area (Å²) in [6.45, 7) is 14.5. The van der Waals surface area contributed by atoms with Gasteiger partial charge in [0.2, 0.25) is 5.91 Å². The molecule has 0 spiro atoms. The first-order valence-corrected chi connectivity index (χ1v) is 13.3. The number of nitrogens with one attached hydrogen (secondary N) is 1. The quantitative estimate of drug-likeness (QED) is 0.368. The van der Waals surface area contributed by atoms with Crippen LogP contribution in [0.2, 0.25) is 0 Å². The summed E-state index contributed by atoms with van der Waals surface area (Å²) in [5, 5.41) is 3.10. The maximum Gasteiger partial charge on any atom is 0.261 e. The zero-order chi connectivity index (χ0) is 27.9. The van der Waals surface area contributed by atoms with Crippen LogP contribution in [0.4, 0.5) is 0 Å². The highest BCUT2D eigenvalue weighted by Crippen LogP contribution is 2.24. The van der Waals surface area contributed by atoms with Crippen LogP contribution in [0, 0.1) is 6.92 Å². The Morgan fingerprint density at radius 1 is 0.842 bits per heavy atom. The molecule has 0 aliphatic rings. The van der Waals surface area contributed by atoms with Crippen molar-refractivity contribution in [2.75, 3.05) is 6.61 Å². The minimum Gasteiger partial charge on any atom is -0.484 e. The van der Waals surface area contributed by atoms with E-state index in [-0.39, 0.29) is 23.8 Å². The second-order valence-corrected chi connectivity index (χ2v) is 12.0. The fourth-order valence-corrected chi connectivity index (χ4v) is 4.26. The Kier molecular flexibility index (Phi) is 9.37. The van der Waals surface area contributed by atoms with Gasteiger partial charge in [-0.05, 0) is 67.5 Å². The van der Waals surface area contributed by atoms with Gasteiger partial charge in [-0.2, -0.15) is 0 Å². The number of nitrogens with zero attached hydrogens (tertiary/aromatic N) is 1. The number of rotatable bonds is 9. The Morgan fingerprint density at radius 2 is 1.45 bits per heavy atom. The van der Waals surface area contributed by atoms with Gasteiger partial charge in [-0.3, -0.25) is 9.59 Å². The summed E-state index contributed by atoms with van der Waals surface area (Å²) in [5.74, 6) is 0.205. The smallest absolute Gasteiger partial charge is 0.261 e. The van der Waals surface area contributed by atoms with Gasteiger partial charge in [-0.25, -0.2) is 0 Å².